The Balaban J connectivity index is 2.10. The van der Waals surface area contributed by atoms with Crippen LogP contribution in [0, 0.1) is 0 Å². The predicted octanol–water partition coefficient (Wildman–Crippen LogP) is 0.962. The lowest BCUT2D eigenvalue weighted by atomic mass is 9.75. The summed E-state index contributed by atoms with van der Waals surface area (Å²) in [5.74, 6) is 0. The summed E-state index contributed by atoms with van der Waals surface area (Å²) in [4.78, 5) is 0. The van der Waals surface area contributed by atoms with Crippen LogP contribution in [0.4, 0.5) is 0 Å². The molecular formula is C13H12N8. The van der Waals surface area contributed by atoms with Crippen molar-refractivity contribution in [3.63, 3.8) is 0 Å². The highest BCUT2D eigenvalue weighted by atomic mass is 15.2. The highest BCUT2D eigenvalue weighted by Crippen LogP contribution is 2.40. The molecule has 0 aliphatic carbocycles. The average molecular weight is 280 g/mol. The maximum Gasteiger partial charge on any atom is 0.136 e. The van der Waals surface area contributed by atoms with Gasteiger partial charge >= 0.3 is 0 Å². The molecule has 0 aliphatic rings. The van der Waals surface area contributed by atoms with Crippen LogP contribution in [0.15, 0.2) is 49.1 Å². The van der Waals surface area contributed by atoms with E-state index in [9.17, 15) is 0 Å². The van der Waals surface area contributed by atoms with Gasteiger partial charge in [-0.05, 0) is 24.3 Å². The van der Waals surface area contributed by atoms with E-state index in [0.717, 1.165) is 22.8 Å². The lowest BCUT2D eigenvalue weighted by Gasteiger charge is -2.29. The highest BCUT2D eigenvalue weighted by Gasteiger charge is 2.43. The van der Waals surface area contributed by atoms with Crippen LogP contribution >= 0.6 is 0 Å². The second kappa shape index (κ2) is 4.44. The lowest BCUT2D eigenvalue weighted by molar-refractivity contribution is 0.630. The average Bonchev–Trinajstić information content (AvgIpc) is 3.32. The fourth-order valence-electron chi connectivity index (χ4n) is 2.73. The molecule has 0 aliphatic heterocycles. The molecule has 0 saturated carbocycles. The molecule has 4 N–H and O–H groups in total. The van der Waals surface area contributed by atoms with Gasteiger partial charge in [0.05, 0.1) is 22.8 Å². The van der Waals surface area contributed by atoms with Crippen LogP contribution < -0.4 is 0 Å². The molecule has 8 nitrogen and oxygen atoms in total. The monoisotopic (exact) mass is 280 g/mol. The molecule has 104 valence electrons. The number of aromatic nitrogens is 8. The standard InChI is InChI=1S/C13H12N8/c1-5-14-18-9(1)13(10-2-6-15-19-10,11-3-7-16-20-11)12-4-8-17-21-12/h1-8H,(H,14,18)(H,15,19)(H,16,20)(H,17,21). The Bertz CT molecular complexity index is 638. The first-order chi connectivity index (χ1) is 10.4. The molecule has 4 rings (SSSR count). The van der Waals surface area contributed by atoms with E-state index in [-0.39, 0.29) is 0 Å². The van der Waals surface area contributed by atoms with Gasteiger partial charge in [0.1, 0.15) is 5.41 Å². The van der Waals surface area contributed by atoms with Gasteiger partial charge in [-0.25, -0.2) is 0 Å². The first-order valence-electron chi connectivity index (χ1n) is 6.42. The van der Waals surface area contributed by atoms with Gasteiger partial charge in [-0.15, -0.1) is 0 Å². The summed E-state index contributed by atoms with van der Waals surface area (Å²) < 4.78 is 0. The third-order valence-corrected chi connectivity index (χ3v) is 3.62. The van der Waals surface area contributed by atoms with Crippen LogP contribution in [-0.4, -0.2) is 40.8 Å². The van der Waals surface area contributed by atoms with Gasteiger partial charge < -0.3 is 0 Å². The van der Waals surface area contributed by atoms with E-state index in [1.807, 2.05) is 24.3 Å². The van der Waals surface area contributed by atoms with Crippen LogP contribution in [0.3, 0.4) is 0 Å². The van der Waals surface area contributed by atoms with E-state index in [1.165, 1.54) is 0 Å². The van der Waals surface area contributed by atoms with Crippen LogP contribution in [-0.2, 0) is 5.41 Å². The van der Waals surface area contributed by atoms with Gasteiger partial charge in [0, 0.05) is 24.8 Å². The number of rotatable bonds is 4. The summed E-state index contributed by atoms with van der Waals surface area (Å²) in [6.07, 6.45) is 6.86. The second-order valence-corrected chi connectivity index (χ2v) is 4.63. The maximum absolute atomic E-state index is 4.09. The Kier molecular flexibility index (Phi) is 2.46. The summed E-state index contributed by atoms with van der Waals surface area (Å²) >= 11 is 0. The third-order valence-electron chi connectivity index (χ3n) is 3.62. The quantitative estimate of drug-likeness (QED) is 0.445. The fraction of sp³-hybridized carbons (Fsp3) is 0.0769. The van der Waals surface area contributed by atoms with E-state index >= 15 is 0 Å². The molecule has 0 radical (unpaired) electrons. The van der Waals surface area contributed by atoms with Crippen molar-refractivity contribution in [3.8, 4) is 0 Å². The van der Waals surface area contributed by atoms with Crippen molar-refractivity contribution >= 4 is 0 Å². The third kappa shape index (κ3) is 1.55. The van der Waals surface area contributed by atoms with Crippen molar-refractivity contribution in [1.82, 2.24) is 40.8 Å². The second-order valence-electron chi connectivity index (χ2n) is 4.63. The molecule has 0 unspecified atom stereocenters. The number of hydrogen-bond donors (Lipinski definition) is 4. The van der Waals surface area contributed by atoms with Crippen LogP contribution in [0.5, 0.6) is 0 Å². The number of aromatic amines is 4. The first kappa shape index (κ1) is 11.6. The lowest BCUT2D eigenvalue weighted by Crippen LogP contribution is -2.33. The Morgan fingerprint density at radius 3 is 1.00 bits per heavy atom. The molecule has 4 aromatic rings. The van der Waals surface area contributed by atoms with Gasteiger partial charge in [0.25, 0.3) is 0 Å². The Hall–Kier alpha value is -3.16. The molecule has 21 heavy (non-hydrogen) atoms. The zero-order chi connectivity index (χ0) is 14.1. The normalized spacial score (nSPS) is 11.8. The molecule has 8 heteroatoms. The fourth-order valence-corrected chi connectivity index (χ4v) is 2.73. The van der Waals surface area contributed by atoms with Gasteiger partial charge in [0.15, 0.2) is 0 Å². The SMILES string of the molecule is c1cc(C(c2ccn[nH]2)(c2ccn[nH]2)c2ccn[nH]2)[nH]n1. The molecular weight excluding hydrogens is 268 g/mol. The zero-order valence-corrected chi connectivity index (χ0v) is 10.9. The van der Waals surface area contributed by atoms with Crippen molar-refractivity contribution in [2.24, 2.45) is 0 Å². The summed E-state index contributed by atoms with van der Waals surface area (Å²) in [7, 11) is 0. The minimum atomic E-state index is -0.681. The van der Waals surface area contributed by atoms with Crippen molar-refractivity contribution in [2.45, 2.75) is 5.41 Å². The number of nitrogens with one attached hydrogen (secondary N) is 4. The largest absolute Gasteiger partial charge is 0.281 e. The van der Waals surface area contributed by atoms with Crippen molar-refractivity contribution in [3.05, 3.63) is 71.8 Å². The molecule has 0 spiro atoms. The van der Waals surface area contributed by atoms with Gasteiger partial charge in [-0.2, -0.15) is 20.4 Å². The van der Waals surface area contributed by atoms with Crippen LogP contribution in [0.2, 0.25) is 0 Å². The molecule has 0 atom stereocenters. The molecule has 0 saturated heterocycles. The minimum absolute atomic E-state index is 0.681. The van der Waals surface area contributed by atoms with Crippen LogP contribution in [0.1, 0.15) is 22.8 Å². The van der Waals surface area contributed by atoms with Gasteiger partial charge in [-0.3, -0.25) is 20.4 Å². The topological polar surface area (TPSA) is 115 Å². The number of nitrogens with zero attached hydrogens (tertiary/aromatic N) is 4. The Morgan fingerprint density at radius 2 is 0.810 bits per heavy atom. The molecule has 0 aromatic carbocycles. The highest BCUT2D eigenvalue weighted by molar-refractivity contribution is 5.50. The molecule has 0 bridgehead atoms. The first-order valence-corrected chi connectivity index (χ1v) is 6.42. The predicted molar refractivity (Wildman–Crippen MR) is 73.3 cm³/mol. The van der Waals surface area contributed by atoms with Gasteiger partial charge in [0.2, 0.25) is 0 Å². The van der Waals surface area contributed by atoms with E-state index in [1.54, 1.807) is 24.8 Å². The van der Waals surface area contributed by atoms with E-state index in [2.05, 4.69) is 40.8 Å². The number of hydrogen-bond acceptors (Lipinski definition) is 4. The smallest absolute Gasteiger partial charge is 0.136 e. The summed E-state index contributed by atoms with van der Waals surface area (Å²) in [6, 6.07) is 7.68. The van der Waals surface area contributed by atoms with Crippen molar-refractivity contribution in [2.75, 3.05) is 0 Å². The van der Waals surface area contributed by atoms with Gasteiger partial charge in [-0.1, -0.05) is 0 Å². The van der Waals surface area contributed by atoms with Crippen LogP contribution in [0.25, 0.3) is 0 Å². The zero-order valence-electron chi connectivity index (χ0n) is 10.9. The molecule has 0 amide bonds. The minimum Gasteiger partial charge on any atom is -0.281 e. The maximum atomic E-state index is 4.09. The van der Waals surface area contributed by atoms with Crippen molar-refractivity contribution in [1.29, 1.82) is 0 Å². The van der Waals surface area contributed by atoms with Crippen molar-refractivity contribution < 1.29 is 0 Å². The molecule has 4 aromatic heterocycles. The Morgan fingerprint density at radius 1 is 0.524 bits per heavy atom. The molecule has 4 heterocycles. The summed E-state index contributed by atoms with van der Waals surface area (Å²) in [6.45, 7) is 0. The summed E-state index contributed by atoms with van der Waals surface area (Å²) in [5, 5.41) is 28.6. The molecule has 0 fully saturated rings. The van der Waals surface area contributed by atoms with E-state index < -0.39 is 5.41 Å². The van der Waals surface area contributed by atoms with E-state index in [0.29, 0.717) is 0 Å². The number of H-pyrrole nitrogens is 4. The Labute approximate surface area is 119 Å². The summed E-state index contributed by atoms with van der Waals surface area (Å²) in [5.41, 5.74) is 2.82. The van der Waals surface area contributed by atoms with E-state index in [4.69, 9.17) is 0 Å².